The second-order valence-corrected chi connectivity index (χ2v) is 10.0. The van der Waals surface area contributed by atoms with Gasteiger partial charge >= 0.3 is 5.97 Å². The van der Waals surface area contributed by atoms with Gasteiger partial charge in [0, 0.05) is 22.6 Å². The predicted octanol–water partition coefficient (Wildman–Crippen LogP) is 5.51. The van der Waals surface area contributed by atoms with E-state index >= 15 is 0 Å². The zero-order valence-electron chi connectivity index (χ0n) is 19.3. The van der Waals surface area contributed by atoms with E-state index in [2.05, 4.69) is 15.5 Å². The first-order chi connectivity index (χ1) is 16.7. The predicted molar refractivity (Wildman–Crippen MR) is 132 cm³/mol. The number of rotatable bonds is 5. The summed E-state index contributed by atoms with van der Waals surface area (Å²) >= 11 is 1.32. The monoisotopic (exact) mass is 486 g/mol. The van der Waals surface area contributed by atoms with Crippen LogP contribution in [0, 0.1) is 12.3 Å². The van der Waals surface area contributed by atoms with Crippen LogP contribution >= 0.6 is 11.3 Å². The van der Waals surface area contributed by atoms with Gasteiger partial charge in [0.15, 0.2) is 0 Å². The van der Waals surface area contributed by atoms with E-state index in [0.29, 0.717) is 22.5 Å². The standard InChI is InChI=1S/C26H22N4O4S/c1-14-29-30-25(35-14)28-24(33)26(2,3)21-17-6-4-5-7-20(17)34-22-18(21)12-13-19(27-22)15-8-10-16(11-9-15)23(31)32/h4-13,21H,1-3H3,(H,31,32)(H,28,30,33)/t21-/m0/s1. The molecule has 0 saturated heterocycles. The number of aromatic nitrogens is 3. The number of aromatic carboxylic acids is 1. The van der Waals surface area contributed by atoms with Crippen LogP contribution in [0.2, 0.25) is 0 Å². The minimum Gasteiger partial charge on any atom is -0.478 e. The van der Waals surface area contributed by atoms with Crippen LogP contribution in [-0.4, -0.2) is 32.2 Å². The molecule has 1 aliphatic rings. The molecule has 0 spiro atoms. The molecule has 0 unspecified atom stereocenters. The molecule has 0 radical (unpaired) electrons. The Morgan fingerprint density at radius 3 is 2.43 bits per heavy atom. The number of carbonyl (C=O) groups excluding carboxylic acids is 1. The van der Waals surface area contributed by atoms with Crippen LogP contribution in [0.5, 0.6) is 11.6 Å². The number of amides is 1. The summed E-state index contributed by atoms with van der Waals surface area (Å²) in [7, 11) is 0. The van der Waals surface area contributed by atoms with Gasteiger partial charge in [0.25, 0.3) is 0 Å². The molecule has 0 fully saturated rings. The maximum atomic E-state index is 13.5. The number of para-hydroxylation sites is 1. The fourth-order valence-electron chi connectivity index (χ4n) is 4.29. The molecule has 3 heterocycles. The lowest BCUT2D eigenvalue weighted by molar-refractivity contribution is -0.124. The number of hydrogen-bond donors (Lipinski definition) is 2. The van der Waals surface area contributed by atoms with Gasteiger partial charge in [-0.25, -0.2) is 9.78 Å². The van der Waals surface area contributed by atoms with Crippen LogP contribution in [0.25, 0.3) is 11.3 Å². The van der Waals surface area contributed by atoms with Gasteiger partial charge in [-0.15, -0.1) is 10.2 Å². The normalized spacial score (nSPS) is 14.4. The Kier molecular flexibility index (Phi) is 5.56. The molecule has 5 rings (SSSR count). The summed E-state index contributed by atoms with van der Waals surface area (Å²) in [5.74, 6) is -0.436. The number of fused-ring (bicyclic) bond motifs is 2. The van der Waals surface area contributed by atoms with E-state index in [1.807, 2.05) is 57.2 Å². The minimum atomic E-state index is -0.984. The van der Waals surface area contributed by atoms with E-state index in [1.165, 1.54) is 11.3 Å². The van der Waals surface area contributed by atoms with Gasteiger partial charge in [-0.1, -0.05) is 61.6 Å². The smallest absolute Gasteiger partial charge is 0.335 e. The Morgan fingerprint density at radius 2 is 1.74 bits per heavy atom. The molecule has 2 aromatic heterocycles. The zero-order chi connectivity index (χ0) is 24.7. The SMILES string of the molecule is Cc1nnc(NC(=O)C(C)(C)[C@H]2c3ccccc3Oc3nc(-c4ccc(C(=O)O)cc4)ccc32)s1. The highest BCUT2D eigenvalue weighted by Crippen LogP contribution is 2.52. The molecule has 0 aliphatic carbocycles. The number of hydrogen-bond acceptors (Lipinski definition) is 7. The second-order valence-electron chi connectivity index (χ2n) is 8.85. The van der Waals surface area contributed by atoms with Crippen molar-refractivity contribution in [3.8, 4) is 22.9 Å². The molecule has 0 bridgehead atoms. The Hall–Kier alpha value is -4.11. The van der Waals surface area contributed by atoms with Crippen molar-refractivity contribution < 1.29 is 19.4 Å². The van der Waals surface area contributed by atoms with Crippen LogP contribution in [-0.2, 0) is 4.79 Å². The number of carbonyl (C=O) groups is 2. The number of nitrogens with zero attached hydrogens (tertiary/aromatic N) is 3. The molecule has 2 aromatic carbocycles. The van der Waals surface area contributed by atoms with Crippen molar-refractivity contribution in [2.24, 2.45) is 5.41 Å². The number of aryl methyl sites for hydroxylation is 1. The second kappa shape index (κ2) is 8.59. The van der Waals surface area contributed by atoms with Gasteiger partial charge in [-0.2, -0.15) is 0 Å². The van der Waals surface area contributed by atoms with Gasteiger partial charge in [-0.3, -0.25) is 4.79 Å². The quantitative estimate of drug-likeness (QED) is 0.382. The average molecular weight is 487 g/mol. The highest BCUT2D eigenvalue weighted by molar-refractivity contribution is 7.15. The van der Waals surface area contributed by atoms with E-state index in [4.69, 9.17) is 14.8 Å². The van der Waals surface area contributed by atoms with Gasteiger partial charge in [0.05, 0.1) is 16.7 Å². The third kappa shape index (κ3) is 4.15. The number of carboxylic acids is 1. The summed E-state index contributed by atoms with van der Waals surface area (Å²) in [5, 5.41) is 21.3. The fraction of sp³-hybridized carbons (Fsp3) is 0.192. The summed E-state index contributed by atoms with van der Waals surface area (Å²) in [4.78, 5) is 29.4. The lowest BCUT2D eigenvalue weighted by Crippen LogP contribution is -2.38. The van der Waals surface area contributed by atoms with Crippen molar-refractivity contribution in [1.82, 2.24) is 15.2 Å². The number of carboxylic acid groups (broad SMARTS) is 1. The molecule has 0 saturated carbocycles. The number of benzene rings is 2. The molecule has 9 heteroatoms. The van der Waals surface area contributed by atoms with Gasteiger partial charge in [0.1, 0.15) is 10.8 Å². The van der Waals surface area contributed by atoms with Gasteiger partial charge in [0.2, 0.25) is 16.9 Å². The summed E-state index contributed by atoms with van der Waals surface area (Å²) in [6.45, 7) is 5.62. The van der Waals surface area contributed by atoms with E-state index in [1.54, 1.807) is 24.3 Å². The van der Waals surface area contributed by atoms with Crippen molar-refractivity contribution in [1.29, 1.82) is 0 Å². The maximum Gasteiger partial charge on any atom is 0.335 e. The molecule has 176 valence electrons. The maximum absolute atomic E-state index is 13.5. The average Bonchev–Trinajstić information content (AvgIpc) is 3.26. The highest BCUT2D eigenvalue weighted by Gasteiger charge is 2.44. The highest BCUT2D eigenvalue weighted by atomic mass is 32.1. The fourth-order valence-corrected chi connectivity index (χ4v) is 4.88. The molecule has 35 heavy (non-hydrogen) atoms. The topological polar surface area (TPSA) is 114 Å². The van der Waals surface area contributed by atoms with Gasteiger partial charge in [-0.05, 0) is 31.2 Å². The third-order valence-corrected chi connectivity index (χ3v) is 6.87. The number of anilines is 1. The van der Waals surface area contributed by atoms with Crippen molar-refractivity contribution in [3.05, 3.63) is 82.4 Å². The van der Waals surface area contributed by atoms with Crippen molar-refractivity contribution in [3.63, 3.8) is 0 Å². The first-order valence-corrected chi connectivity index (χ1v) is 11.8. The van der Waals surface area contributed by atoms with E-state index < -0.39 is 11.4 Å². The molecule has 2 N–H and O–H groups in total. The summed E-state index contributed by atoms with van der Waals surface area (Å²) in [5.41, 5.74) is 2.43. The Balaban J connectivity index is 1.55. The largest absolute Gasteiger partial charge is 0.478 e. The van der Waals surface area contributed by atoms with E-state index in [0.717, 1.165) is 21.7 Å². The summed E-state index contributed by atoms with van der Waals surface area (Å²) < 4.78 is 6.17. The van der Waals surface area contributed by atoms with E-state index in [9.17, 15) is 9.59 Å². The molecule has 8 nitrogen and oxygen atoms in total. The van der Waals surface area contributed by atoms with Gasteiger partial charge < -0.3 is 15.2 Å². The first-order valence-electron chi connectivity index (χ1n) is 11.0. The number of ether oxygens (including phenoxy) is 1. The van der Waals surface area contributed by atoms with Crippen LogP contribution < -0.4 is 10.1 Å². The third-order valence-electron chi connectivity index (χ3n) is 6.12. The van der Waals surface area contributed by atoms with Crippen LogP contribution in [0.3, 0.4) is 0 Å². The molecule has 1 amide bonds. The van der Waals surface area contributed by atoms with Crippen molar-refractivity contribution >= 4 is 28.3 Å². The van der Waals surface area contributed by atoms with Crippen molar-refractivity contribution in [2.75, 3.05) is 5.32 Å². The van der Waals surface area contributed by atoms with Crippen LogP contribution in [0.1, 0.15) is 46.3 Å². The van der Waals surface area contributed by atoms with Crippen LogP contribution in [0.4, 0.5) is 5.13 Å². The molecular formula is C26H22N4O4S. The van der Waals surface area contributed by atoms with Crippen molar-refractivity contribution in [2.45, 2.75) is 26.7 Å². The number of nitrogens with one attached hydrogen (secondary N) is 1. The molecule has 1 atom stereocenters. The lowest BCUT2D eigenvalue weighted by Gasteiger charge is -2.37. The number of pyridine rings is 1. The molecule has 4 aromatic rings. The summed E-state index contributed by atoms with van der Waals surface area (Å²) in [6, 6.07) is 17.9. The van der Waals surface area contributed by atoms with Crippen LogP contribution in [0.15, 0.2) is 60.7 Å². The molecule has 1 aliphatic heterocycles. The first kappa shape index (κ1) is 22.7. The zero-order valence-corrected chi connectivity index (χ0v) is 20.1. The Bertz CT molecular complexity index is 1450. The lowest BCUT2D eigenvalue weighted by atomic mass is 9.69. The van der Waals surface area contributed by atoms with E-state index in [-0.39, 0.29) is 17.4 Å². The summed E-state index contributed by atoms with van der Waals surface area (Å²) in [6.07, 6.45) is 0. The Labute approximate surface area is 205 Å². The Morgan fingerprint density at radius 1 is 1.00 bits per heavy atom. The molecular weight excluding hydrogens is 464 g/mol. The minimum absolute atomic E-state index is 0.186.